The summed E-state index contributed by atoms with van der Waals surface area (Å²) < 4.78 is 6.16. The molecule has 2 atom stereocenters. The van der Waals surface area contributed by atoms with Gasteiger partial charge in [0.05, 0.1) is 11.2 Å². The molecule has 3 rings (SSSR count). The van der Waals surface area contributed by atoms with E-state index in [4.69, 9.17) is 4.74 Å². The number of carbonyl (C=O) groups is 1. The number of hydrogen-bond donors (Lipinski definition) is 1. The van der Waals surface area contributed by atoms with Crippen LogP contribution in [-0.4, -0.2) is 47.2 Å². The summed E-state index contributed by atoms with van der Waals surface area (Å²) in [6.45, 7) is 10.2. The molecule has 1 aromatic carbocycles. The third-order valence-corrected chi connectivity index (χ3v) is 5.01. The normalized spacial score (nSPS) is 29.0. The van der Waals surface area contributed by atoms with Crippen LogP contribution >= 0.6 is 0 Å². The Morgan fingerprint density at radius 2 is 1.91 bits per heavy atom. The Labute approximate surface area is 139 Å². The quantitative estimate of drug-likeness (QED) is 0.932. The second-order valence-electron chi connectivity index (χ2n) is 7.99. The third kappa shape index (κ3) is 3.59. The lowest BCUT2D eigenvalue weighted by atomic mass is 9.93. The zero-order valence-corrected chi connectivity index (χ0v) is 14.6. The molecule has 4 nitrogen and oxygen atoms in total. The SMILES string of the molecule is CC1(C)CC(NC2CCN(C(=O)c3ccccc3)C2)C(C)(C)O1. The van der Waals surface area contributed by atoms with E-state index in [1.807, 2.05) is 35.2 Å². The Morgan fingerprint density at radius 1 is 1.22 bits per heavy atom. The minimum atomic E-state index is -0.166. The second-order valence-corrected chi connectivity index (χ2v) is 7.99. The van der Waals surface area contributed by atoms with Crippen LogP contribution in [0.15, 0.2) is 30.3 Å². The van der Waals surface area contributed by atoms with Crippen LogP contribution in [0.2, 0.25) is 0 Å². The molecule has 2 aliphatic heterocycles. The summed E-state index contributed by atoms with van der Waals surface area (Å²) in [5, 5.41) is 3.74. The molecule has 1 aromatic rings. The minimum absolute atomic E-state index is 0.0840. The Hall–Kier alpha value is -1.39. The van der Waals surface area contributed by atoms with E-state index in [0.29, 0.717) is 12.1 Å². The molecule has 4 heteroatoms. The molecule has 0 spiro atoms. The van der Waals surface area contributed by atoms with Crippen LogP contribution < -0.4 is 5.32 Å². The average Bonchev–Trinajstić information content (AvgIpc) is 3.01. The van der Waals surface area contributed by atoms with Crippen LogP contribution in [0.5, 0.6) is 0 Å². The maximum Gasteiger partial charge on any atom is 0.253 e. The molecule has 2 heterocycles. The van der Waals surface area contributed by atoms with Gasteiger partial charge in [0.2, 0.25) is 0 Å². The zero-order chi connectivity index (χ0) is 16.7. The smallest absolute Gasteiger partial charge is 0.253 e. The standard InChI is InChI=1S/C19H28N2O2/c1-18(2)12-16(19(3,4)23-18)20-15-10-11-21(13-15)17(22)14-8-6-5-7-9-14/h5-9,15-16,20H,10-13H2,1-4H3. The van der Waals surface area contributed by atoms with Crippen molar-refractivity contribution in [2.75, 3.05) is 13.1 Å². The van der Waals surface area contributed by atoms with Gasteiger partial charge in [-0.15, -0.1) is 0 Å². The van der Waals surface area contributed by atoms with Crippen LogP contribution in [0.4, 0.5) is 0 Å². The molecule has 0 bridgehead atoms. The van der Waals surface area contributed by atoms with E-state index >= 15 is 0 Å². The van der Waals surface area contributed by atoms with Gasteiger partial charge in [-0.3, -0.25) is 4.79 Å². The Bertz CT molecular complexity index is 568. The van der Waals surface area contributed by atoms with Crippen molar-refractivity contribution in [2.45, 2.75) is 63.8 Å². The van der Waals surface area contributed by atoms with Gasteiger partial charge in [0.1, 0.15) is 0 Å². The molecular weight excluding hydrogens is 288 g/mol. The van der Waals surface area contributed by atoms with E-state index in [1.54, 1.807) is 0 Å². The third-order valence-electron chi connectivity index (χ3n) is 5.01. The van der Waals surface area contributed by atoms with Crippen molar-refractivity contribution >= 4 is 5.91 Å². The molecule has 2 aliphatic rings. The number of likely N-dealkylation sites (tertiary alicyclic amines) is 1. The summed E-state index contributed by atoms with van der Waals surface area (Å²) in [7, 11) is 0. The second kappa shape index (κ2) is 5.91. The molecule has 23 heavy (non-hydrogen) atoms. The lowest BCUT2D eigenvalue weighted by molar-refractivity contribution is -0.0703. The first-order valence-corrected chi connectivity index (χ1v) is 8.57. The first-order valence-electron chi connectivity index (χ1n) is 8.57. The highest BCUT2D eigenvalue weighted by Crippen LogP contribution is 2.37. The number of nitrogens with one attached hydrogen (secondary N) is 1. The van der Waals surface area contributed by atoms with Crippen molar-refractivity contribution in [1.82, 2.24) is 10.2 Å². The lowest BCUT2D eigenvalue weighted by Gasteiger charge is -2.30. The van der Waals surface area contributed by atoms with Crippen molar-refractivity contribution in [2.24, 2.45) is 0 Å². The van der Waals surface area contributed by atoms with E-state index in [2.05, 4.69) is 33.0 Å². The fraction of sp³-hybridized carbons (Fsp3) is 0.632. The van der Waals surface area contributed by atoms with Crippen molar-refractivity contribution in [1.29, 1.82) is 0 Å². The zero-order valence-electron chi connectivity index (χ0n) is 14.6. The topological polar surface area (TPSA) is 41.6 Å². The summed E-state index contributed by atoms with van der Waals surface area (Å²) in [6, 6.07) is 10.2. The molecule has 1 amide bonds. The van der Waals surface area contributed by atoms with Gasteiger partial charge < -0.3 is 15.0 Å². The largest absolute Gasteiger partial charge is 0.368 e. The predicted octanol–water partition coefficient (Wildman–Crippen LogP) is 2.84. The Kier molecular flexibility index (Phi) is 4.23. The summed E-state index contributed by atoms with van der Waals surface area (Å²) in [5.41, 5.74) is 0.526. The maximum atomic E-state index is 12.5. The lowest BCUT2D eigenvalue weighted by Crippen LogP contribution is -2.49. The molecule has 2 unspecified atom stereocenters. The summed E-state index contributed by atoms with van der Waals surface area (Å²) in [6.07, 6.45) is 2.01. The summed E-state index contributed by atoms with van der Waals surface area (Å²) in [4.78, 5) is 14.5. The van der Waals surface area contributed by atoms with E-state index in [1.165, 1.54) is 0 Å². The summed E-state index contributed by atoms with van der Waals surface area (Å²) >= 11 is 0. The van der Waals surface area contributed by atoms with Gasteiger partial charge in [0.25, 0.3) is 5.91 Å². The fourth-order valence-corrected chi connectivity index (χ4v) is 3.95. The molecule has 0 saturated carbocycles. The minimum Gasteiger partial charge on any atom is -0.368 e. The molecule has 0 aromatic heterocycles. The number of hydrogen-bond acceptors (Lipinski definition) is 3. The number of carbonyl (C=O) groups excluding carboxylic acids is 1. The number of amides is 1. The number of ether oxygens (including phenoxy) is 1. The molecular formula is C19H28N2O2. The molecule has 126 valence electrons. The average molecular weight is 316 g/mol. The van der Waals surface area contributed by atoms with Gasteiger partial charge in [0, 0.05) is 30.7 Å². The van der Waals surface area contributed by atoms with Crippen molar-refractivity contribution in [3.8, 4) is 0 Å². The first-order chi connectivity index (χ1) is 10.8. The summed E-state index contributed by atoms with van der Waals surface area (Å²) in [5.74, 6) is 0.136. The molecule has 2 saturated heterocycles. The van der Waals surface area contributed by atoms with Crippen molar-refractivity contribution in [3.63, 3.8) is 0 Å². The van der Waals surface area contributed by atoms with Gasteiger partial charge in [-0.1, -0.05) is 18.2 Å². The number of rotatable bonds is 3. The van der Waals surface area contributed by atoms with E-state index in [-0.39, 0.29) is 17.1 Å². The molecule has 0 radical (unpaired) electrons. The van der Waals surface area contributed by atoms with Gasteiger partial charge >= 0.3 is 0 Å². The van der Waals surface area contributed by atoms with Crippen LogP contribution in [0, 0.1) is 0 Å². The van der Waals surface area contributed by atoms with Crippen LogP contribution in [-0.2, 0) is 4.74 Å². The Morgan fingerprint density at radius 3 is 2.52 bits per heavy atom. The van der Waals surface area contributed by atoms with Gasteiger partial charge in [-0.05, 0) is 52.7 Å². The highest BCUT2D eigenvalue weighted by Gasteiger charge is 2.46. The van der Waals surface area contributed by atoms with Crippen LogP contribution in [0.3, 0.4) is 0 Å². The van der Waals surface area contributed by atoms with Gasteiger partial charge in [-0.2, -0.15) is 0 Å². The van der Waals surface area contributed by atoms with E-state index in [0.717, 1.165) is 31.5 Å². The van der Waals surface area contributed by atoms with E-state index < -0.39 is 0 Å². The van der Waals surface area contributed by atoms with Crippen molar-refractivity contribution < 1.29 is 9.53 Å². The maximum absolute atomic E-state index is 12.5. The predicted molar refractivity (Wildman–Crippen MR) is 91.5 cm³/mol. The highest BCUT2D eigenvalue weighted by molar-refractivity contribution is 5.94. The van der Waals surface area contributed by atoms with Crippen molar-refractivity contribution in [3.05, 3.63) is 35.9 Å². The molecule has 2 fully saturated rings. The van der Waals surface area contributed by atoms with Crippen LogP contribution in [0.1, 0.15) is 50.9 Å². The first kappa shape index (κ1) is 16.5. The fourth-order valence-electron chi connectivity index (χ4n) is 3.95. The van der Waals surface area contributed by atoms with Gasteiger partial charge in [0.15, 0.2) is 0 Å². The van der Waals surface area contributed by atoms with Crippen LogP contribution in [0.25, 0.3) is 0 Å². The van der Waals surface area contributed by atoms with E-state index in [9.17, 15) is 4.79 Å². The van der Waals surface area contributed by atoms with Gasteiger partial charge in [-0.25, -0.2) is 0 Å². The molecule has 1 N–H and O–H groups in total. The number of nitrogens with zero attached hydrogens (tertiary/aromatic N) is 1. The highest BCUT2D eigenvalue weighted by atomic mass is 16.5. The molecule has 0 aliphatic carbocycles. The Balaban J connectivity index is 1.59. The monoisotopic (exact) mass is 316 g/mol. The number of benzene rings is 1.